The SMILES string of the molecule is O=C(NCc1cncs1)Nc1cc(C(=O)O)ccc1Cl. The van der Waals surface area contributed by atoms with Gasteiger partial charge in [0.05, 0.1) is 28.3 Å². The Morgan fingerprint density at radius 3 is 2.85 bits per heavy atom. The molecule has 104 valence electrons. The lowest BCUT2D eigenvalue weighted by atomic mass is 10.2. The van der Waals surface area contributed by atoms with Crippen LogP contribution in [0.4, 0.5) is 10.5 Å². The highest BCUT2D eigenvalue weighted by Gasteiger charge is 2.10. The summed E-state index contributed by atoms with van der Waals surface area (Å²) in [4.78, 5) is 27.3. The van der Waals surface area contributed by atoms with Gasteiger partial charge in [0, 0.05) is 11.1 Å². The Labute approximate surface area is 123 Å². The molecule has 0 radical (unpaired) electrons. The van der Waals surface area contributed by atoms with Gasteiger partial charge in [0.2, 0.25) is 0 Å². The average molecular weight is 312 g/mol. The van der Waals surface area contributed by atoms with Crippen molar-refractivity contribution in [2.24, 2.45) is 0 Å². The summed E-state index contributed by atoms with van der Waals surface area (Å²) in [5, 5.41) is 14.3. The third-order valence-corrected chi connectivity index (χ3v) is 3.48. The summed E-state index contributed by atoms with van der Waals surface area (Å²) in [6.07, 6.45) is 1.66. The smallest absolute Gasteiger partial charge is 0.335 e. The molecule has 0 fully saturated rings. The maximum absolute atomic E-state index is 11.7. The number of carboxylic acid groups (broad SMARTS) is 1. The van der Waals surface area contributed by atoms with Gasteiger partial charge in [0.1, 0.15) is 0 Å². The summed E-state index contributed by atoms with van der Waals surface area (Å²) in [5.41, 5.74) is 1.96. The first-order valence-corrected chi connectivity index (χ1v) is 6.77. The van der Waals surface area contributed by atoms with E-state index in [4.69, 9.17) is 16.7 Å². The van der Waals surface area contributed by atoms with E-state index in [1.165, 1.54) is 29.5 Å². The number of nitrogens with one attached hydrogen (secondary N) is 2. The van der Waals surface area contributed by atoms with Gasteiger partial charge in [0.15, 0.2) is 0 Å². The molecule has 20 heavy (non-hydrogen) atoms. The van der Waals surface area contributed by atoms with Crippen molar-refractivity contribution in [1.82, 2.24) is 10.3 Å². The zero-order valence-corrected chi connectivity index (χ0v) is 11.7. The van der Waals surface area contributed by atoms with Crippen LogP contribution in [-0.4, -0.2) is 22.1 Å². The van der Waals surface area contributed by atoms with Gasteiger partial charge < -0.3 is 15.7 Å². The normalized spacial score (nSPS) is 10.1. The van der Waals surface area contributed by atoms with Gasteiger partial charge in [-0.15, -0.1) is 11.3 Å². The zero-order valence-electron chi connectivity index (χ0n) is 10.1. The van der Waals surface area contributed by atoms with Crippen LogP contribution in [0.15, 0.2) is 29.9 Å². The fourth-order valence-corrected chi connectivity index (χ4v) is 2.12. The van der Waals surface area contributed by atoms with Crippen molar-refractivity contribution in [3.8, 4) is 0 Å². The first-order chi connectivity index (χ1) is 9.56. The molecule has 3 N–H and O–H groups in total. The molecule has 2 rings (SSSR count). The van der Waals surface area contributed by atoms with Gasteiger partial charge in [-0.25, -0.2) is 9.59 Å². The number of hydrogen-bond donors (Lipinski definition) is 3. The van der Waals surface area contributed by atoms with Crippen molar-refractivity contribution in [3.05, 3.63) is 45.4 Å². The van der Waals surface area contributed by atoms with Gasteiger partial charge >= 0.3 is 12.0 Å². The number of carbonyl (C=O) groups excluding carboxylic acids is 1. The number of amides is 2. The number of urea groups is 1. The second-order valence-corrected chi connectivity index (χ2v) is 5.15. The van der Waals surface area contributed by atoms with E-state index in [1.807, 2.05) is 0 Å². The number of rotatable bonds is 4. The summed E-state index contributed by atoms with van der Waals surface area (Å²) in [6, 6.07) is 3.62. The zero-order chi connectivity index (χ0) is 14.5. The van der Waals surface area contributed by atoms with E-state index in [0.717, 1.165) is 4.88 Å². The maximum Gasteiger partial charge on any atom is 0.335 e. The van der Waals surface area contributed by atoms with Crippen molar-refractivity contribution in [2.45, 2.75) is 6.54 Å². The molecule has 0 unspecified atom stereocenters. The number of thiazole rings is 1. The van der Waals surface area contributed by atoms with Gasteiger partial charge in [-0.3, -0.25) is 4.98 Å². The molecule has 0 spiro atoms. The van der Waals surface area contributed by atoms with Crippen LogP contribution < -0.4 is 10.6 Å². The monoisotopic (exact) mass is 311 g/mol. The van der Waals surface area contributed by atoms with Crippen LogP contribution in [0.1, 0.15) is 15.2 Å². The molecule has 0 aliphatic carbocycles. The third-order valence-electron chi connectivity index (χ3n) is 2.37. The quantitative estimate of drug-likeness (QED) is 0.809. The summed E-state index contributed by atoms with van der Waals surface area (Å²) in [5.74, 6) is -1.09. The number of carboxylic acids is 1. The number of hydrogen-bond acceptors (Lipinski definition) is 4. The van der Waals surface area contributed by atoms with E-state index in [0.29, 0.717) is 6.54 Å². The minimum Gasteiger partial charge on any atom is -0.478 e. The lowest BCUT2D eigenvalue weighted by Crippen LogP contribution is -2.28. The largest absolute Gasteiger partial charge is 0.478 e. The van der Waals surface area contributed by atoms with E-state index < -0.39 is 12.0 Å². The number of aromatic carboxylic acids is 1. The van der Waals surface area contributed by atoms with Crippen molar-refractivity contribution in [2.75, 3.05) is 5.32 Å². The van der Waals surface area contributed by atoms with Crippen LogP contribution in [0.3, 0.4) is 0 Å². The molecule has 0 atom stereocenters. The molecule has 0 bridgehead atoms. The molecule has 0 aliphatic heterocycles. The first-order valence-electron chi connectivity index (χ1n) is 5.51. The Morgan fingerprint density at radius 2 is 2.20 bits per heavy atom. The van der Waals surface area contributed by atoms with Crippen molar-refractivity contribution < 1.29 is 14.7 Å². The number of carbonyl (C=O) groups is 2. The van der Waals surface area contributed by atoms with E-state index >= 15 is 0 Å². The van der Waals surface area contributed by atoms with Crippen molar-refractivity contribution in [1.29, 1.82) is 0 Å². The Hall–Kier alpha value is -2.12. The standard InChI is InChI=1S/C12H10ClN3O3S/c13-9-2-1-7(11(17)18)3-10(9)16-12(19)15-5-8-4-14-6-20-8/h1-4,6H,5H2,(H,17,18)(H2,15,16,19). The summed E-state index contributed by atoms with van der Waals surface area (Å²) in [6.45, 7) is 0.340. The Kier molecular flexibility index (Phi) is 4.54. The Bertz CT molecular complexity index is 631. The van der Waals surface area contributed by atoms with Crippen LogP contribution in [-0.2, 0) is 6.54 Å². The van der Waals surface area contributed by atoms with Crippen LogP contribution >= 0.6 is 22.9 Å². The number of halogens is 1. The molecule has 2 amide bonds. The Morgan fingerprint density at radius 1 is 1.40 bits per heavy atom. The molecule has 0 aliphatic rings. The fourth-order valence-electron chi connectivity index (χ4n) is 1.42. The summed E-state index contributed by atoms with van der Waals surface area (Å²) >= 11 is 7.32. The molecule has 1 aromatic heterocycles. The molecule has 2 aromatic rings. The van der Waals surface area contributed by atoms with E-state index in [2.05, 4.69) is 15.6 Å². The first kappa shape index (κ1) is 14.3. The molecule has 0 saturated carbocycles. The molecule has 0 saturated heterocycles. The van der Waals surface area contributed by atoms with Gasteiger partial charge in [0.25, 0.3) is 0 Å². The van der Waals surface area contributed by atoms with Gasteiger partial charge in [-0.1, -0.05) is 11.6 Å². The van der Waals surface area contributed by atoms with E-state index in [1.54, 1.807) is 11.7 Å². The molecule has 1 heterocycles. The number of benzene rings is 1. The maximum atomic E-state index is 11.7. The third kappa shape index (κ3) is 3.69. The molecular formula is C12H10ClN3O3S. The van der Waals surface area contributed by atoms with Crippen molar-refractivity contribution in [3.63, 3.8) is 0 Å². The number of aromatic nitrogens is 1. The highest BCUT2D eigenvalue weighted by Crippen LogP contribution is 2.23. The summed E-state index contributed by atoms with van der Waals surface area (Å²) in [7, 11) is 0. The molecular weight excluding hydrogens is 302 g/mol. The fraction of sp³-hybridized carbons (Fsp3) is 0.0833. The van der Waals surface area contributed by atoms with Gasteiger partial charge in [-0.05, 0) is 18.2 Å². The second kappa shape index (κ2) is 6.36. The predicted molar refractivity (Wildman–Crippen MR) is 76.4 cm³/mol. The van der Waals surface area contributed by atoms with Crippen LogP contribution in [0.25, 0.3) is 0 Å². The minimum absolute atomic E-state index is 0.0483. The average Bonchev–Trinajstić information content (AvgIpc) is 2.92. The molecule has 1 aromatic carbocycles. The van der Waals surface area contributed by atoms with E-state index in [-0.39, 0.29) is 16.3 Å². The minimum atomic E-state index is -1.09. The van der Waals surface area contributed by atoms with Crippen LogP contribution in [0, 0.1) is 0 Å². The lowest BCUT2D eigenvalue weighted by Gasteiger charge is -2.09. The predicted octanol–water partition coefficient (Wildman–Crippen LogP) is 2.82. The molecule has 8 heteroatoms. The number of anilines is 1. The van der Waals surface area contributed by atoms with Crippen LogP contribution in [0.5, 0.6) is 0 Å². The lowest BCUT2D eigenvalue weighted by molar-refractivity contribution is 0.0697. The van der Waals surface area contributed by atoms with Crippen molar-refractivity contribution >= 4 is 40.6 Å². The number of nitrogens with zero attached hydrogens (tertiary/aromatic N) is 1. The summed E-state index contributed by atoms with van der Waals surface area (Å²) < 4.78 is 0. The topological polar surface area (TPSA) is 91.3 Å². The highest BCUT2D eigenvalue weighted by molar-refractivity contribution is 7.09. The molecule has 6 nitrogen and oxygen atoms in total. The van der Waals surface area contributed by atoms with Crippen LogP contribution in [0.2, 0.25) is 5.02 Å². The second-order valence-electron chi connectivity index (χ2n) is 3.78. The highest BCUT2D eigenvalue weighted by atomic mass is 35.5. The van der Waals surface area contributed by atoms with E-state index in [9.17, 15) is 9.59 Å². The van der Waals surface area contributed by atoms with Gasteiger partial charge in [-0.2, -0.15) is 0 Å². The Balaban J connectivity index is 2.00.